The molecule has 0 aromatic heterocycles. The van der Waals surface area contributed by atoms with Crippen LogP contribution in [0.1, 0.15) is 53.6 Å². The molecule has 1 saturated carbocycles. The summed E-state index contributed by atoms with van der Waals surface area (Å²) in [6, 6.07) is 15.9. The van der Waals surface area contributed by atoms with Crippen molar-refractivity contribution in [2.75, 3.05) is 13.7 Å². The minimum absolute atomic E-state index is 0.284. The van der Waals surface area contributed by atoms with Crippen LogP contribution in [0.25, 0.3) is 0 Å². The highest BCUT2D eigenvalue weighted by molar-refractivity contribution is 6.30. The van der Waals surface area contributed by atoms with Crippen LogP contribution >= 0.6 is 11.6 Å². The van der Waals surface area contributed by atoms with Crippen LogP contribution in [0.5, 0.6) is 0 Å². The molecule has 0 heterocycles. The van der Waals surface area contributed by atoms with E-state index in [1.54, 1.807) is 6.07 Å². The first-order valence-corrected chi connectivity index (χ1v) is 10.2. The van der Waals surface area contributed by atoms with Crippen molar-refractivity contribution < 1.29 is 9.53 Å². The Balaban J connectivity index is 1.73. The number of carbonyl (C=O) groups is 1. The zero-order valence-electron chi connectivity index (χ0n) is 16.0. The summed E-state index contributed by atoms with van der Waals surface area (Å²) in [6.07, 6.45) is 6.70. The first-order chi connectivity index (χ1) is 13.1. The van der Waals surface area contributed by atoms with Gasteiger partial charge in [0.2, 0.25) is 0 Å². The average Bonchev–Trinajstić information content (AvgIpc) is 2.70. The third-order valence-electron chi connectivity index (χ3n) is 5.31. The summed E-state index contributed by atoms with van der Waals surface area (Å²) < 4.78 is 4.86. The van der Waals surface area contributed by atoms with Crippen molar-refractivity contribution in [1.29, 1.82) is 0 Å². The Bertz CT molecular complexity index is 738. The van der Waals surface area contributed by atoms with Gasteiger partial charge in [-0.1, -0.05) is 55.1 Å². The van der Waals surface area contributed by atoms with Gasteiger partial charge in [0.05, 0.1) is 12.7 Å². The molecule has 1 aliphatic rings. The molecule has 0 atom stereocenters. The molecule has 3 rings (SSSR count). The van der Waals surface area contributed by atoms with E-state index in [0.29, 0.717) is 5.56 Å². The number of halogens is 1. The molecule has 2 aromatic rings. The minimum atomic E-state index is -0.284. The molecule has 27 heavy (non-hydrogen) atoms. The van der Waals surface area contributed by atoms with Crippen molar-refractivity contribution in [1.82, 2.24) is 4.90 Å². The van der Waals surface area contributed by atoms with E-state index in [2.05, 4.69) is 23.1 Å². The molecule has 1 aliphatic carbocycles. The van der Waals surface area contributed by atoms with E-state index in [-0.39, 0.29) is 5.97 Å². The first kappa shape index (κ1) is 19.9. The summed E-state index contributed by atoms with van der Waals surface area (Å²) in [7, 11) is 1.42. The van der Waals surface area contributed by atoms with E-state index >= 15 is 0 Å². The summed E-state index contributed by atoms with van der Waals surface area (Å²) in [5, 5.41) is 0.767. The molecule has 0 N–H and O–H groups in total. The Morgan fingerprint density at radius 2 is 1.74 bits per heavy atom. The fourth-order valence-electron chi connectivity index (χ4n) is 3.94. The molecule has 0 aliphatic heterocycles. The van der Waals surface area contributed by atoms with Crippen molar-refractivity contribution in [3.63, 3.8) is 0 Å². The Labute approximate surface area is 167 Å². The highest BCUT2D eigenvalue weighted by atomic mass is 35.5. The highest BCUT2D eigenvalue weighted by Crippen LogP contribution is 2.26. The SMILES string of the molecule is COC(=O)c1cccc(CN(Cc2ccc(Cl)cc2)CC2CCCCC2)c1. The van der Waals surface area contributed by atoms with Gasteiger partial charge in [-0.25, -0.2) is 4.79 Å². The number of ether oxygens (including phenoxy) is 1. The zero-order chi connectivity index (χ0) is 19.1. The second-order valence-electron chi connectivity index (χ2n) is 7.49. The summed E-state index contributed by atoms with van der Waals surface area (Å²) in [4.78, 5) is 14.3. The molecule has 0 radical (unpaired) electrons. The summed E-state index contributed by atoms with van der Waals surface area (Å²) in [6.45, 7) is 2.80. The van der Waals surface area contributed by atoms with Gasteiger partial charge in [0.1, 0.15) is 0 Å². The lowest BCUT2D eigenvalue weighted by molar-refractivity contribution is 0.0600. The van der Waals surface area contributed by atoms with Gasteiger partial charge in [-0.2, -0.15) is 0 Å². The number of hydrogen-bond donors (Lipinski definition) is 0. The van der Waals surface area contributed by atoms with Gasteiger partial charge in [-0.3, -0.25) is 4.90 Å². The maximum absolute atomic E-state index is 11.8. The van der Waals surface area contributed by atoms with Crippen LogP contribution in [0.2, 0.25) is 5.02 Å². The Hall–Kier alpha value is -1.84. The Morgan fingerprint density at radius 3 is 2.44 bits per heavy atom. The fraction of sp³-hybridized carbons (Fsp3) is 0.435. The highest BCUT2D eigenvalue weighted by Gasteiger charge is 2.18. The molecule has 0 amide bonds. The number of methoxy groups -OCH3 is 1. The number of rotatable bonds is 7. The number of nitrogens with zero attached hydrogens (tertiary/aromatic N) is 1. The normalized spacial score (nSPS) is 15.1. The lowest BCUT2D eigenvalue weighted by Gasteiger charge is -2.30. The van der Waals surface area contributed by atoms with Gasteiger partial charge < -0.3 is 4.74 Å². The standard InChI is InChI=1S/C23H28ClNO2/c1-27-23(26)21-9-5-8-20(14-21)17-25(15-18-6-3-2-4-7-18)16-19-10-12-22(24)13-11-19/h5,8-14,18H,2-4,6-7,15-17H2,1H3. The zero-order valence-corrected chi connectivity index (χ0v) is 16.8. The fourth-order valence-corrected chi connectivity index (χ4v) is 4.07. The number of esters is 1. The summed E-state index contributed by atoms with van der Waals surface area (Å²) >= 11 is 6.04. The van der Waals surface area contributed by atoms with Crippen molar-refractivity contribution in [3.05, 3.63) is 70.2 Å². The molecule has 144 valence electrons. The van der Waals surface area contributed by atoms with Gasteiger partial charge >= 0.3 is 5.97 Å². The van der Waals surface area contributed by atoms with Crippen LogP contribution in [-0.2, 0) is 17.8 Å². The molecule has 2 aromatic carbocycles. The quantitative estimate of drug-likeness (QED) is 0.572. The van der Waals surface area contributed by atoms with E-state index in [1.807, 2.05) is 24.3 Å². The minimum Gasteiger partial charge on any atom is -0.465 e. The third kappa shape index (κ3) is 6.08. The molecule has 1 fully saturated rings. The molecular formula is C23H28ClNO2. The van der Waals surface area contributed by atoms with E-state index in [1.165, 1.54) is 44.8 Å². The molecule has 4 heteroatoms. The average molecular weight is 386 g/mol. The van der Waals surface area contributed by atoms with Gasteiger partial charge in [0.15, 0.2) is 0 Å². The molecule has 3 nitrogen and oxygen atoms in total. The van der Waals surface area contributed by atoms with E-state index in [9.17, 15) is 4.79 Å². The summed E-state index contributed by atoms with van der Waals surface area (Å²) in [5.74, 6) is 0.475. The number of carbonyl (C=O) groups excluding carboxylic acids is 1. The van der Waals surface area contributed by atoms with Crippen LogP contribution in [0.3, 0.4) is 0 Å². The second kappa shape index (κ2) is 9.91. The van der Waals surface area contributed by atoms with Crippen molar-refractivity contribution in [2.45, 2.75) is 45.2 Å². The molecule has 0 bridgehead atoms. The van der Waals surface area contributed by atoms with E-state index < -0.39 is 0 Å². The third-order valence-corrected chi connectivity index (χ3v) is 5.57. The van der Waals surface area contributed by atoms with Crippen LogP contribution in [0, 0.1) is 5.92 Å². The topological polar surface area (TPSA) is 29.5 Å². The molecule has 0 spiro atoms. The maximum atomic E-state index is 11.8. The lowest BCUT2D eigenvalue weighted by atomic mass is 9.88. The predicted molar refractivity (Wildman–Crippen MR) is 110 cm³/mol. The lowest BCUT2D eigenvalue weighted by Crippen LogP contribution is -2.30. The first-order valence-electron chi connectivity index (χ1n) is 9.78. The Morgan fingerprint density at radius 1 is 1.04 bits per heavy atom. The van der Waals surface area contributed by atoms with Crippen molar-refractivity contribution in [2.24, 2.45) is 5.92 Å². The Kier molecular flexibility index (Phi) is 7.31. The van der Waals surface area contributed by atoms with Crippen molar-refractivity contribution in [3.8, 4) is 0 Å². The van der Waals surface area contributed by atoms with Gasteiger partial charge in [-0.05, 0) is 54.2 Å². The van der Waals surface area contributed by atoms with Crippen LogP contribution in [-0.4, -0.2) is 24.5 Å². The van der Waals surface area contributed by atoms with Crippen LogP contribution < -0.4 is 0 Å². The van der Waals surface area contributed by atoms with E-state index in [0.717, 1.165) is 36.1 Å². The number of benzene rings is 2. The number of hydrogen-bond acceptors (Lipinski definition) is 3. The molecule has 0 saturated heterocycles. The van der Waals surface area contributed by atoms with Gasteiger partial charge in [0.25, 0.3) is 0 Å². The van der Waals surface area contributed by atoms with Gasteiger partial charge in [-0.15, -0.1) is 0 Å². The maximum Gasteiger partial charge on any atom is 0.337 e. The second-order valence-corrected chi connectivity index (χ2v) is 7.93. The smallest absolute Gasteiger partial charge is 0.337 e. The van der Waals surface area contributed by atoms with Gasteiger partial charge in [0, 0.05) is 24.7 Å². The molecular weight excluding hydrogens is 358 g/mol. The van der Waals surface area contributed by atoms with Crippen molar-refractivity contribution >= 4 is 17.6 Å². The van der Waals surface area contributed by atoms with Crippen LogP contribution in [0.4, 0.5) is 0 Å². The predicted octanol–water partition coefficient (Wildman–Crippen LogP) is 5.71. The molecule has 0 unspecified atom stereocenters. The summed E-state index contributed by atoms with van der Waals surface area (Å²) in [5.41, 5.74) is 3.01. The monoisotopic (exact) mass is 385 g/mol. The van der Waals surface area contributed by atoms with Crippen LogP contribution in [0.15, 0.2) is 48.5 Å². The van der Waals surface area contributed by atoms with E-state index in [4.69, 9.17) is 16.3 Å². The largest absolute Gasteiger partial charge is 0.465 e.